The molecule has 2 rings (SSSR count). The molecule has 1 saturated heterocycles. The van der Waals surface area contributed by atoms with Crippen LogP contribution in [0.15, 0.2) is 12.1 Å². The van der Waals surface area contributed by atoms with Crippen LogP contribution in [-0.2, 0) is 11.2 Å². The number of carbonyl (C=O) groups is 1. The maximum atomic E-state index is 11.8. The Balaban J connectivity index is 1.62. The summed E-state index contributed by atoms with van der Waals surface area (Å²) in [5.41, 5.74) is 5.84. The van der Waals surface area contributed by atoms with Gasteiger partial charge in [-0.05, 0) is 31.4 Å². The highest BCUT2D eigenvalue weighted by atomic mass is 35.5. The Hall–Kier alpha value is -0.620. The topological polar surface area (TPSA) is 58.4 Å². The average molecular weight is 302 g/mol. The quantitative estimate of drug-likeness (QED) is 0.866. The minimum atomic E-state index is 0.0955. The van der Waals surface area contributed by atoms with Crippen molar-refractivity contribution in [2.75, 3.05) is 26.2 Å². The zero-order chi connectivity index (χ0) is 13.7. The van der Waals surface area contributed by atoms with Gasteiger partial charge in [-0.2, -0.15) is 0 Å². The van der Waals surface area contributed by atoms with Crippen molar-refractivity contribution < 1.29 is 4.79 Å². The third-order valence-electron chi connectivity index (χ3n) is 3.32. The van der Waals surface area contributed by atoms with E-state index >= 15 is 0 Å². The molecule has 1 aromatic heterocycles. The molecule has 1 aromatic rings. The van der Waals surface area contributed by atoms with Gasteiger partial charge in [-0.25, -0.2) is 0 Å². The van der Waals surface area contributed by atoms with E-state index in [-0.39, 0.29) is 5.91 Å². The summed E-state index contributed by atoms with van der Waals surface area (Å²) in [4.78, 5) is 15.2. The smallest absolute Gasteiger partial charge is 0.234 e. The summed E-state index contributed by atoms with van der Waals surface area (Å²) < 4.78 is 0.797. The lowest BCUT2D eigenvalue weighted by atomic mass is 10.1. The monoisotopic (exact) mass is 301 g/mol. The second-order valence-electron chi connectivity index (χ2n) is 4.92. The van der Waals surface area contributed by atoms with E-state index in [1.165, 1.54) is 4.88 Å². The Kier molecular flexibility index (Phi) is 5.63. The van der Waals surface area contributed by atoms with Gasteiger partial charge in [-0.1, -0.05) is 11.6 Å². The molecule has 19 heavy (non-hydrogen) atoms. The number of halogens is 1. The van der Waals surface area contributed by atoms with Crippen molar-refractivity contribution in [1.82, 2.24) is 10.2 Å². The third-order valence-corrected chi connectivity index (χ3v) is 4.61. The van der Waals surface area contributed by atoms with Crippen LogP contribution in [0.4, 0.5) is 0 Å². The molecule has 0 spiro atoms. The molecule has 1 fully saturated rings. The summed E-state index contributed by atoms with van der Waals surface area (Å²) in [7, 11) is 0. The van der Waals surface area contributed by atoms with Crippen molar-refractivity contribution in [3.8, 4) is 0 Å². The third kappa shape index (κ3) is 5.10. The largest absolute Gasteiger partial charge is 0.355 e. The molecule has 3 N–H and O–H groups in total. The molecular formula is C13H20ClN3OS. The maximum absolute atomic E-state index is 11.8. The van der Waals surface area contributed by atoms with Gasteiger partial charge in [-0.3, -0.25) is 9.69 Å². The minimum absolute atomic E-state index is 0.0955. The van der Waals surface area contributed by atoms with E-state index in [1.807, 2.05) is 12.1 Å². The first-order valence-electron chi connectivity index (χ1n) is 6.62. The van der Waals surface area contributed by atoms with Crippen LogP contribution in [0, 0.1) is 0 Å². The zero-order valence-electron chi connectivity index (χ0n) is 10.9. The van der Waals surface area contributed by atoms with Gasteiger partial charge in [-0.15, -0.1) is 11.3 Å². The molecule has 1 aliphatic heterocycles. The summed E-state index contributed by atoms with van der Waals surface area (Å²) in [6.45, 7) is 3.01. The van der Waals surface area contributed by atoms with Crippen LogP contribution >= 0.6 is 22.9 Å². The molecule has 6 heteroatoms. The number of hydrogen-bond acceptors (Lipinski definition) is 4. The average Bonchev–Trinajstić information content (AvgIpc) is 2.78. The number of rotatable bonds is 5. The first-order chi connectivity index (χ1) is 9.13. The molecule has 1 amide bonds. The van der Waals surface area contributed by atoms with Crippen LogP contribution in [0.5, 0.6) is 0 Å². The maximum Gasteiger partial charge on any atom is 0.234 e. The second-order valence-corrected chi connectivity index (χ2v) is 6.72. The predicted octanol–water partition coefficient (Wildman–Crippen LogP) is 1.48. The molecule has 4 nitrogen and oxygen atoms in total. The Morgan fingerprint density at radius 1 is 1.47 bits per heavy atom. The first kappa shape index (κ1) is 14.8. The van der Waals surface area contributed by atoms with Gasteiger partial charge in [0.25, 0.3) is 0 Å². The molecular weight excluding hydrogens is 282 g/mol. The van der Waals surface area contributed by atoms with Crippen LogP contribution in [0.3, 0.4) is 0 Å². The molecule has 1 aliphatic rings. The fourth-order valence-corrected chi connectivity index (χ4v) is 3.27. The van der Waals surface area contributed by atoms with Crippen molar-refractivity contribution in [2.24, 2.45) is 5.73 Å². The lowest BCUT2D eigenvalue weighted by Crippen LogP contribution is -2.44. The van der Waals surface area contributed by atoms with Gasteiger partial charge < -0.3 is 11.1 Å². The van der Waals surface area contributed by atoms with Crippen molar-refractivity contribution in [3.05, 3.63) is 21.3 Å². The minimum Gasteiger partial charge on any atom is -0.355 e. The van der Waals surface area contributed by atoms with Crippen molar-refractivity contribution in [1.29, 1.82) is 0 Å². The van der Waals surface area contributed by atoms with Gasteiger partial charge in [0.1, 0.15) is 0 Å². The summed E-state index contributed by atoms with van der Waals surface area (Å²) in [5.74, 6) is 0.0955. The second kappa shape index (κ2) is 7.24. The van der Waals surface area contributed by atoms with Crippen LogP contribution < -0.4 is 11.1 Å². The van der Waals surface area contributed by atoms with E-state index < -0.39 is 0 Å². The van der Waals surface area contributed by atoms with Gasteiger partial charge in [0.15, 0.2) is 0 Å². The van der Waals surface area contributed by atoms with Gasteiger partial charge in [0, 0.05) is 30.6 Å². The lowest BCUT2D eigenvalue weighted by Gasteiger charge is -2.29. The fraction of sp³-hybridized carbons (Fsp3) is 0.615. The Labute approximate surface area is 122 Å². The van der Waals surface area contributed by atoms with E-state index in [4.69, 9.17) is 17.3 Å². The highest BCUT2D eigenvalue weighted by Gasteiger charge is 2.17. The molecule has 0 aliphatic carbocycles. The molecule has 106 valence electrons. The number of nitrogens with zero attached hydrogens (tertiary/aromatic N) is 1. The van der Waals surface area contributed by atoms with Gasteiger partial charge in [0.2, 0.25) is 5.91 Å². The number of piperidine rings is 1. The number of carbonyl (C=O) groups excluding carboxylic acids is 1. The van der Waals surface area contributed by atoms with Crippen molar-refractivity contribution in [2.45, 2.75) is 25.3 Å². The number of hydrogen-bond donors (Lipinski definition) is 2. The van der Waals surface area contributed by atoms with E-state index in [9.17, 15) is 4.79 Å². The predicted molar refractivity (Wildman–Crippen MR) is 79.7 cm³/mol. The van der Waals surface area contributed by atoms with Crippen molar-refractivity contribution >= 4 is 28.8 Å². The number of thiophene rings is 1. The summed E-state index contributed by atoms with van der Waals surface area (Å²) in [6, 6.07) is 4.20. The molecule has 0 radical (unpaired) electrons. The molecule has 0 bridgehead atoms. The van der Waals surface area contributed by atoms with Crippen molar-refractivity contribution in [3.63, 3.8) is 0 Å². The molecule has 0 atom stereocenters. The van der Waals surface area contributed by atoms with E-state index in [2.05, 4.69) is 10.2 Å². The Morgan fingerprint density at radius 3 is 2.84 bits per heavy atom. The van der Waals surface area contributed by atoms with Crippen LogP contribution in [-0.4, -0.2) is 43.0 Å². The Bertz CT molecular complexity index is 416. The number of nitrogens with two attached hydrogens (primary N) is 1. The van der Waals surface area contributed by atoms with Gasteiger partial charge >= 0.3 is 0 Å². The molecule has 2 heterocycles. The SMILES string of the molecule is NC1CCN(CC(=O)NCCc2ccc(Cl)s2)CC1. The Morgan fingerprint density at radius 2 is 2.21 bits per heavy atom. The van der Waals surface area contributed by atoms with E-state index in [0.717, 1.165) is 36.7 Å². The van der Waals surface area contributed by atoms with Crippen LogP contribution in [0.1, 0.15) is 17.7 Å². The van der Waals surface area contributed by atoms with Crippen LogP contribution in [0.25, 0.3) is 0 Å². The first-order valence-corrected chi connectivity index (χ1v) is 7.82. The molecule has 0 unspecified atom stereocenters. The molecule has 0 saturated carbocycles. The lowest BCUT2D eigenvalue weighted by molar-refractivity contribution is -0.122. The molecule has 0 aromatic carbocycles. The summed E-state index contributed by atoms with van der Waals surface area (Å²) in [5, 5.41) is 2.95. The number of nitrogens with one attached hydrogen (secondary N) is 1. The normalized spacial score (nSPS) is 17.6. The summed E-state index contributed by atoms with van der Waals surface area (Å²) >= 11 is 7.42. The highest BCUT2D eigenvalue weighted by molar-refractivity contribution is 7.16. The van der Waals surface area contributed by atoms with E-state index in [0.29, 0.717) is 19.1 Å². The summed E-state index contributed by atoms with van der Waals surface area (Å²) in [6.07, 6.45) is 2.82. The van der Waals surface area contributed by atoms with E-state index in [1.54, 1.807) is 11.3 Å². The number of likely N-dealkylation sites (tertiary alicyclic amines) is 1. The standard InChI is InChI=1S/C13H20ClN3OS/c14-12-2-1-11(19-12)3-6-16-13(18)9-17-7-4-10(15)5-8-17/h1-2,10H,3-9,15H2,(H,16,18). The fourth-order valence-electron chi connectivity index (χ4n) is 2.18. The zero-order valence-corrected chi connectivity index (χ0v) is 12.5. The highest BCUT2D eigenvalue weighted by Crippen LogP contribution is 2.21. The number of amides is 1. The van der Waals surface area contributed by atoms with Gasteiger partial charge in [0.05, 0.1) is 10.9 Å². The van der Waals surface area contributed by atoms with Crippen LogP contribution in [0.2, 0.25) is 4.34 Å².